The smallest absolute Gasteiger partial charge is 0.311 e. The van der Waals surface area contributed by atoms with E-state index >= 15 is 0 Å². The van der Waals surface area contributed by atoms with Crippen molar-refractivity contribution in [3.05, 3.63) is 29.6 Å². The highest BCUT2D eigenvalue weighted by atomic mass is 16.4. The maximum atomic E-state index is 12.5. The number of aryl methyl sites for hydroxylation is 1. The number of hydrogen-bond acceptors (Lipinski definition) is 3. The quantitative estimate of drug-likeness (QED) is 0.918. The largest absolute Gasteiger partial charge is 0.481 e. The van der Waals surface area contributed by atoms with E-state index in [1.165, 1.54) is 0 Å². The zero-order valence-corrected chi connectivity index (χ0v) is 11.9. The lowest BCUT2D eigenvalue weighted by Gasteiger charge is -2.39. The van der Waals surface area contributed by atoms with Gasteiger partial charge >= 0.3 is 5.97 Å². The van der Waals surface area contributed by atoms with Gasteiger partial charge in [0.15, 0.2) is 0 Å². The molecule has 20 heavy (non-hydrogen) atoms. The summed E-state index contributed by atoms with van der Waals surface area (Å²) in [5.74, 6) is -0.905. The van der Waals surface area contributed by atoms with Crippen molar-refractivity contribution in [2.24, 2.45) is 5.41 Å². The number of aromatic nitrogens is 1. The highest BCUT2D eigenvalue weighted by Gasteiger charge is 2.42. The van der Waals surface area contributed by atoms with Crippen LogP contribution in [0.4, 0.5) is 0 Å². The average Bonchev–Trinajstić information content (AvgIpc) is 2.46. The molecule has 0 radical (unpaired) electrons. The summed E-state index contributed by atoms with van der Waals surface area (Å²) >= 11 is 0. The van der Waals surface area contributed by atoms with Gasteiger partial charge in [-0.15, -0.1) is 0 Å². The molecule has 5 nitrogen and oxygen atoms in total. The van der Waals surface area contributed by atoms with Crippen LogP contribution in [-0.4, -0.2) is 40.0 Å². The molecular weight excluding hydrogens is 256 g/mol. The van der Waals surface area contributed by atoms with Gasteiger partial charge in [0.25, 0.3) is 5.91 Å². The molecule has 1 aliphatic rings. The molecule has 1 unspecified atom stereocenters. The molecule has 1 fully saturated rings. The summed E-state index contributed by atoms with van der Waals surface area (Å²) < 4.78 is 0. The number of likely N-dealkylation sites (tertiary alicyclic amines) is 1. The third-order valence-electron chi connectivity index (χ3n) is 4.14. The van der Waals surface area contributed by atoms with Crippen LogP contribution in [0, 0.1) is 12.3 Å². The Bertz CT molecular complexity index is 530. The number of aliphatic carboxylic acids is 1. The first-order valence-electron chi connectivity index (χ1n) is 6.94. The first kappa shape index (κ1) is 14.5. The topological polar surface area (TPSA) is 70.5 Å². The molecule has 0 bridgehead atoms. The summed E-state index contributed by atoms with van der Waals surface area (Å²) in [5, 5.41) is 9.46. The van der Waals surface area contributed by atoms with Crippen LogP contribution in [0.3, 0.4) is 0 Å². The van der Waals surface area contributed by atoms with Crippen molar-refractivity contribution in [2.45, 2.75) is 33.1 Å². The van der Waals surface area contributed by atoms with Gasteiger partial charge in [0.2, 0.25) is 0 Å². The van der Waals surface area contributed by atoms with Crippen molar-refractivity contribution in [1.29, 1.82) is 0 Å². The second-order valence-corrected chi connectivity index (χ2v) is 5.46. The molecular formula is C15H20N2O3. The number of carboxylic acids is 1. The van der Waals surface area contributed by atoms with E-state index in [2.05, 4.69) is 4.98 Å². The molecule has 108 valence electrons. The highest BCUT2D eigenvalue weighted by Crippen LogP contribution is 2.34. The summed E-state index contributed by atoms with van der Waals surface area (Å²) in [6, 6.07) is 3.42. The molecule has 5 heteroatoms. The fourth-order valence-electron chi connectivity index (χ4n) is 2.78. The number of amides is 1. The van der Waals surface area contributed by atoms with E-state index in [0.717, 1.165) is 12.1 Å². The SMILES string of the molecule is CCC1(C(=O)O)CCCN(C(=O)c2ccnc(C)c2)C1. The lowest BCUT2D eigenvalue weighted by molar-refractivity contribution is -0.152. The lowest BCUT2D eigenvalue weighted by atomic mass is 9.77. The van der Waals surface area contributed by atoms with Crippen LogP contribution in [-0.2, 0) is 4.79 Å². The Morgan fingerprint density at radius 1 is 1.50 bits per heavy atom. The molecule has 1 amide bonds. The standard InChI is InChI=1S/C15H20N2O3/c1-3-15(14(19)20)6-4-8-17(10-15)13(18)12-5-7-16-11(2)9-12/h5,7,9H,3-4,6,8,10H2,1-2H3,(H,19,20). The predicted molar refractivity (Wildman–Crippen MR) is 74.5 cm³/mol. The minimum atomic E-state index is -0.802. The van der Waals surface area contributed by atoms with Crippen molar-refractivity contribution >= 4 is 11.9 Å². The zero-order chi connectivity index (χ0) is 14.8. The Hall–Kier alpha value is -1.91. The molecule has 1 atom stereocenters. The monoisotopic (exact) mass is 276 g/mol. The van der Waals surface area contributed by atoms with Crippen molar-refractivity contribution in [3.8, 4) is 0 Å². The van der Waals surface area contributed by atoms with Crippen molar-refractivity contribution in [3.63, 3.8) is 0 Å². The van der Waals surface area contributed by atoms with Gasteiger partial charge < -0.3 is 10.0 Å². The van der Waals surface area contributed by atoms with E-state index in [1.807, 2.05) is 13.8 Å². The highest BCUT2D eigenvalue weighted by molar-refractivity contribution is 5.94. The van der Waals surface area contributed by atoms with Gasteiger partial charge in [-0.1, -0.05) is 6.92 Å². The van der Waals surface area contributed by atoms with Crippen LogP contribution in [0.1, 0.15) is 42.2 Å². The van der Waals surface area contributed by atoms with Crippen molar-refractivity contribution in [2.75, 3.05) is 13.1 Å². The molecule has 1 N–H and O–H groups in total. The third kappa shape index (κ3) is 2.66. The summed E-state index contributed by atoms with van der Waals surface area (Å²) in [4.78, 5) is 29.7. The molecule has 1 saturated heterocycles. The summed E-state index contributed by atoms with van der Waals surface area (Å²) in [6.07, 6.45) is 3.52. The Kier molecular flexibility index (Phi) is 4.06. The Labute approximate surface area is 118 Å². The maximum Gasteiger partial charge on any atom is 0.311 e. The Morgan fingerprint density at radius 3 is 2.85 bits per heavy atom. The van der Waals surface area contributed by atoms with E-state index in [-0.39, 0.29) is 5.91 Å². The average molecular weight is 276 g/mol. The summed E-state index contributed by atoms with van der Waals surface area (Å²) in [6.45, 7) is 4.62. The zero-order valence-electron chi connectivity index (χ0n) is 11.9. The number of piperidine rings is 1. The summed E-state index contributed by atoms with van der Waals surface area (Å²) in [7, 11) is 0. The van der Waals surface area contributed by atoms with Crippen LogP contribution in [0.2, 0.25) is 0 Å². The third-order valence-corrected chi connectivity index (χ3v) is 4.14. The molecule has 0 aromatic carbocycles. The first-order valence-corrected chi connectivity index (χ1v) is 6.94. The van der Waals surface area contributed by atoms with E-state index in [0.29, 0.717) is 31.5 Å². The number of carboxylic acid groups (broad SMARTS) is 1. The number of hydrogen-bond donors (Lipinski definition) is 1. The molecule has 0 spiro atoms. The molecule has 2 heterocycles. The van der Waals surface area contributed by atoms with E-state index in [4.69, 9.17) is 0 Å². The number of rotatable bonds is 3. The normalized spacial score (nSPS) is 22.6. The van der Waals surface area contributed by atoms with E-state index < -0.39 is 11.4 Å². The van der Waals surface area contributed by atoms with Crippen molar-refractivity contribution < 1.29 is 14.7 Å². The molecule has 1 aromatic heterocycles. The number of nitrogens with zero attached hydrogens (tertiary/aromatic N) is 2. The second kappa shape index (κ2) is 5.61. The van der Waals surface area contributed by atoms with Crippen LogP contribution in [0.25, 0.3) is 0 Å². The molecule has 0 aliphatic carbocycles. The van der Waals surface area contributed by atoms with Crippen LogP contribution < -0.4 is 0 Å². The van der Waals surface area contributed by atoms with Gasteiger partial charge in [-0.25, -0.2) is 0 Å². The number of carbonyl (C=O) groups excluding carboxylic acids is 1. The van der Waals surface area contributed by atoms with Crippen molar-refractivity contribution in [1.82, 2.24) is 9.88 Å². The van der Waals surface area contributed by atoms with Crippen LogP contribution in [0.5, 0.6) is 0 Å². The fourth-order valence-corrected chi connectivity index (χ4v) is 2.78. The van der Waals surface area contributed by atoms with Gasteiger partial charge in [0.05, 0.1) is 5.41 Å². The van der Waals surface area contributed by atoms with Gasteiger partial charge in [0, 0.05) is 30.5 Å². The molecule has 1 aromatic rings. The van der Waals surface area contributed by atoms with Crippen LogP contribution >= 0.6 is 0 Å². The first-order chi connectivity index (χ1) is 9.48. The Balaban J connectivity index is 2.21. The van der Waals surface area contributed by atoms with Gasteiger partial charge in [-0.05, 0) is 38.3 Å². The molecule has 0 saturated carbocycles. The fraction of sp³-hybridized carbons (Fsp3) is 0.533. The van der Waals surface area contributed by atoms with Gasteiger partial charge in [-0.3, -0.25) is 14.6 Å². The number of pyridine rings is 1. The second-order valence-electron chi connectivity index (χ2n) is 5.46. The van der Waals surface area contributed by atoms with Crippen LogP contribution in [0.15, 0.2) is 18.3 Å². The summed E-state index contributed by atoms with van der Waals surface area (Å²) in [5.41, 5.74) is 0.568. The van der Waals surface area contributed by atoms with E-state index in [9.17, 15) is 14.7 Å². The Morgan fingerprint density at radius 2 is 2.25 bits per heavy atom. The minimum Gasteiger partial charge on any atom is -0.481 e. The van der Waals surface area contributed by atoms with Gasteiger partial charge in [-0.2, -0.15) is 0 Å². The number of carbonyl (C=O) groups is 2. The lowest BCUT2D eigenvalue weighted by Crippen LogP contribution is -2.49. The molecule has 1 aliphatic heterocycles. The predicted octanol–water partition coefficient (Wildman–Crippen LogP) is 2.11. The molecule has 2 rings (SSSR count). The minimum absolute atomic E-state index is 0.103. The van der Waals surface area contributed by atoms with E-state index in [1.54, 1.807) is 23.2 Å². The maximum absolute atomic E-state index is 12.5. The van der Waals surface area contributed by atoms with Gasteiger partial charge in [0.1, 0.15) is 0 Å².